The third-order valence-electron chi connectivity index (χ3n) is 7.29. The van der Waals surface area contributed by atoms with Gasteiger partial charge in [-0.05, 0) is 0 Å². The normalized spacial score (nSPS) is 15.6. The van der Waals surface area contributed by atoms with Crippen molar-refractivity contribution in [3.8, 4) is 0 Å². The minimum Gasteiger partial charge on any atom is -1.00 e. The second-order valence-electron chi connectivity index (χ2n) is 9.66. The zero-order valence-corrected chi connectivity index (χ0v) is 26.3. The van der Waals surface area contributed by atoms with Crippen molar-refractivity contribution in [2.75, 3.05) is 0 Å². The molecule has 4 aromatic carbocycles. The van der Waals surface area contributed by atoms with Gasteiger partial charge in [-0.15, -0.1) is 0 Å². The maximum atomic E-state index is 2.37. The van der Waals surface area contributed by atoms with Crippen LogP contribution in [0.25, 0.3) is 32.7 Å². The first-order chi connectivity index (χ1) is 17.3. The zero-order chi connectivity index (χ0) is 23.5. The fourth-order valence-corrected chi connectivity index (χ4v) is 9.19. The van der Waals surface area contributed by atoms with Gasteiger partial charge in [-0.1, -0.05) is 18.5 Å². The van der Waals surface area contributed by atoms with Crippen molar-refractivity contribution in [2.45, 2.75) is 31.4 Å². The summed E-state index contributed by atoms with van der Waals surface area (Å²) in [5.41, 5.74) is 5.72. The molecule has 1 fully saturated rings. The molecule has 184 valence electrons. The number of halogens is 2. The minimum atomic E-state index is -0.830. The molecule has 1 aliphatic heterocycles. The molecule has 2 aliphatic carbocycles. The summed E-state index contributed by atoms with van der Waals surface area (Å²) in [6, 6.07) is 34.5. The molecule has 0 amide bonds. The van der Waals surface area contributed by atoms with Gasteiger partial charge in [-0.3, -0.25) is 0 Å². The van der Waals surface area contributed by atoms with Gasteiger partial charge in [-0.25, -0.2) is 0 Å². The molecule has 37 heavy (non-hydrogen) atoms. The Morgan fingerprint density at radius 2 is 0.946 bits per heavy atom. The smallest absolute Gasteiger partial charge is 0.0197 e. The first-order valence-corrected chi connectivity index (χ1v) is 17.4. The van der Waals surface area contributed by atoms with Crippen LogP contribution in [0.5, 0.6) is 0 Å². The molecule has 3 aliphatic rings. The van der Waals surface area contributed by atoms with Gasteiger partial charge >= 0.3 is 196 Å². The zero-order valence-electron chi connectivity index (χ0n) is 20.9. The largest absolute Gasteiger partial charge is 1.00 e. The molecule has 7 rings (SSSR count). The van der Waals surface area contributed by atoms with Crippen molar-refractivity contribution < 1.29 is 48.0 Å². The second-order valence-corrected chi connectivity index (χ2v) is 15.4. The Labute approximate surface area is 246 Å². The Morgan fingerprint density at radius 3 is 1.35 bits per heavy atom. The molecule has 0 unspecified atom stereocenters. The summed E-state index contributed by atoms with van der Waals surface area (Å²) < 4.78 is 3.41. The fourth-order valence-electron chi connectivity index (χ4n) is 4.93. The topological polar surface area (TPSA) is 0 Å². The molecule has 0 saturated carbocycles. The average Bonchev–Trinajstić information content (AvgIpc) is 3.52. The number of hydrogen-bond acceptors (Lipinski definition) is 0. The molecular formula is C33H30Cl2SiZr. The molecular weight excluding hydrogens is 587 g/mol. The van der Waals surface area contributed by atoms with Crippen LogP contribution in [0.4, 0.5) is 0 Å². The molecule has 0 radical (unpaired) electrons. The van der Waals surface area contributed by atoms with Crippen molar-refractivity contribution in [3.05, 3.63) is 127 Å². The van der Waals surface area contributed by atoms with E-state index in [1.54, 1.807) is 25.1 Å². The third kappa shape index (κ3) is 6.37. The number of hydrogen-bond donors (Lipinski definition) is 0. The first-order valence-electron chi connectivity index (χ1n) is 12.9. The second kappa shape index (κ2) is 13.2. The van der Waals surface area contributed by atoms with E-state index in [4.69, 9.17) is 0 Å². The Balaban J connectivity index is 0.000000490. The van der Waals surface area contributed by atoms with Gasteiger partial charge < -0.3 is 24.8 Å². The van der Waals surface area contributed by atoms with Crippen LogP contribution in [-0.4, -0.2) is 9.52 Å². The van der Waals surface area contributed by atoms with E-state index < -0.39 is 23.2 Å². The Hall–Kier alpha value is -1.96. The fraction of sp³-hybridized carbons (Fsp3) is 0.152. The van der Waals surface area contributed by atoms with E-state index in [0.717, 1.165) is 12.8 Å². The van der Waals surface area contributed by atoms with Crippen LogP contribution in [-0.2, 0) is 23.2 Å². The molecule has 1 heterocycles. The van der Waals surface area contributed by atoms with E-state index in [9.17, 15) is 0 Å². The molecule has 4 aromatic rings. The summed E-state index contributed by atoms with van der Waals surface area (Å²) in [7, 11) is 0.605. The molecule has 0 aromatic heterocycles. The molecule has 0 N–H and O–H groups in total. The van der Waals surface area contributed by atoms with Gasteiger partial charge in [0.05, 0.1) is 0 Å². The molecule has 0 bridgehead atoms. The molecule has 0 spiro atoms. The monoisotopic (exact) mass is 614 g/mol. The minimum absolute atomic E-state index is 0. The van der Waals surface area contributed by atoms with Crippen LogP contribution < -0.4 is 24.8 Å². The summed E-state index contributed by atoms with van der Waals surface area (Å²) in [6.45, 7) is 0. The number of allylic oxidation sites excluding steroid dienone is 8. The van der Waals surface area contributed by atoms with Gasteiger partial charge in [-0.2, -0.15) is 0 Å². The van der Waals surface area contributed by atoms with E-state index in [2.05, 4.69) is 109 Å². The predicted octanol–water partition coefficient (Wildman–Crippen LogP) is 2.52. The van der Waals surface area contributed by atoms with Crippen molar-refractivity contribution in [1.82, 2.24) is 0 Å². The Bertz CT molecular complexity index is 1410. The number of fused-ring (bicyclic) bond motifs is 2. The van der Waals surface area contributed by atoms with E-state index in [0.29, 0.717) is 9.52 Å². The van der Waals surface area contributed by atoms with Crippen LogP contribution in [0.1, 0.15) is 30.4 Å². The Morgan fingerprint density at radius 1 is 0.541 bits per heavy atom. The first kappa shape index (κ1) is 28.1. The van der Waals surface area contributed by atoms with E-state index in [1.165, 1.54) is 43.8 Å². The number of rotatable bonds is 4. The summed E-state index contributed by atoms with van der Waals surface area (Å²) in [4.78, 5) is 0. The van der Waals surface area contributed by atoms with E-state index in [1.807, 2.05) is 0 Å². The average molecular weight is 617 g/mol. The molecule has 0 nitrogen and oxygen atoms in total. The maximum absolute atomic E-state index is 2.37. The quantitative estimate of drug-likeness (QED) is 0.310. The number of benzene rings is 4. The van der Waals surface area contributed by atoms with Crippen molar-refractivity contribution in [3.63, 3.8) is 0 Å². The standard InChI is InChI=1S/2C15H11.C3H8Si.2ClH.Zr/c2*1-2-6-12(5-1)15-10-9-13-7-3-4-8-14(13)11-15;1-2-4-3-1;;;/h2*1,3-5,7-11H,2H2;1-4H2;2*1H;/q;;;;;+2/p-2. The van der Waals surface area contributed by atoms with Gasteiger partial charge in [0, 0.05) is 9.52 Å². The summed E-state index contributed by atoms with van der Waals surface area (Å²) in [5.74, 6) is 0. The van der Waals surface area contributed by atoms with Crippen LogP contribution in [0.2, 0.25) is 12.1 Å². The van der Waals surface area contributed by atoms with E-state index in [-0.39, 0.29) is 24.8 Å². The maximum Gasteiger partial charge on any atom is 0.0197 e. The van der Waals surface area contributed by atoms with Crippen LogP contribution >= 0.6 is 0 Å². The van der Waals surface area contributed by atoms with E-state index >= 15 is 0 Å². The molecule has 4 heteroatoms. The third-order valence-corrected chi connectivity index (χ3v) is 13.1. The molecule has 1 saturated heterocycles. The van der Waals surface area contributed by atoms with Crippen molar-refractivity contribution in [1.29, 1.82) is 0 Å². The predicted molar refractivity (Wildman–Crippen MR) is 152 cm³/mol. The van der Waals surface area contributed by atoms with Gasteiger partial charge in [0.15, 0.2) is 0 Å². The summed E-state index contributed by atoms with van der Waals surface area (Å²) in [5, 5.41) is 5.29. The summed E-state index contributed by atoms with van der Waals surface area (Å²) >= 11 is -0.830. The van der Waals surface area contributed by atoms with Gasteiger partial charge in [0.1, 0.15) is 0 Å². The Kier molecular flexibility index (Phi) is 10.0. The van der Waals surface area contributed by atoms with Gasteiger partial charge in [0.25, 0.3) is 0 Å². The van der Waals surface area contributed by atoms with Crippen LogP contribution in [0.15, 0.2) is 116 Å². The van der Waals surface area contributed by atoms with Crippen LogP contribution in [0.3, 0.4) is 0 Å². The van der Waals surface area contributed by atoms with Crippen molar-refractivity contribution >= 4 is 42.2 Å². The SMILES string of the molecule is C1=CC(c2ccc3ccccc3c2)=[C]([Zr+2][C]2=C(c3ccc4ccccc4c3)C=CC2)C1.C1C[SiH2]C1.[Cl-].[Cl-]. The summed E-state index contributed by atoms with van der Waals surface area (Å²) in [6.07, 6.45) is 13.3. The van der Waals surface area contributed by atoms with Crippen LogP contribution in [0, 0.1) is 0 Å². The van der Waals surface area contributed by atoms with Crippen molar-refractivity contribution in [2.24, 2.45) is 0 Å². The molecule has 0 atom stereocenters. The van der Waals surface area contributed by atoms with Gasteiger partial charge in [0.2, 0.25) is 0 Å².